The van der Waals surface area contributed by atoms with E-state index in [9.17, 15) is 4.79 Å². The Bertz CT molecular complexity index is 443. The summed E-state index contributed by atoms with van der Waals surface area (Å²) in [6.45, 7) is 0. The van der Waals surface area contributed by atoms with E-state index in [4.69, 9.17) is 23.1 Å². The molecule has 0 aliphatic rings. The molecule has 1 rings (SSSR count). The number of thiocarbonyl (C=S) groups is 1. The first-order valence-corrected chi connectivity index (χ1v) is 4.98. The molecular formula is C9H9ClN4OS. The second kappa shape index (κ2) is 5.43. The number of hydrogen-bond acceptors (Lipinski definition) is 2. The molecule has 5 N–H and O–H groups in total. The first-order valence-electron chi connectivity index (χ1n) is 4.19. The summed E-state index contributed by atoms with van der Waals surface area (Å²) in [5, 5.41) is 2.72. The standard InChI is InChI=1S/C9H9ClN4OS/c10-6-3-1-5(2-4-6)7(15)13-8(11)14-9(12)16/h1-4H,(H5,11,12,13,14,15,16). The van der Waals surface area contributed by atoms with Gasteiger partial charge in [-0.15, -0.1) is 0 Å². The number of benzene rings is 1. The number of carbonyl (C=O) groups excluding carboxylic acids is 1. The third-order valence-electron chi connectivity index (χ3n) is 1.58. The Morgan fingerprint density at radius 3 is 2.38 bits per heavy atom. The molecule has 1 amide bonds. The quantitative estimate of drug-likeness (QED) is 0.390. The summed E-state index contributed by atoms with van der Waals surface area (Å²) in [5.74, 6) is -0.554. The van der Waals surface area contributed by atoms with Crippen LogP contribution in [0.3, 0.4) is 0 Å². The molecule has 84 valence electrons. The van der Waals surface area contributed by atoms with E-state index in [0.717, 1.165) is 0 Å². The summed E-state index contributed by atoms with van der Waals surface area (Å²) < 4.78 is 0. The molecule has 0 aromatic heterocycles. The van der Waals surface area contributed by atoms with Crippen molar-refractivity contribution in [3.63, 3.8) is 0 Å². The summed E-state index contributed by atoms with van der Waals surface area (Å²) in [6, 6.07) is 6.31. The Morgan fingerprint density at radius 2 is 1.88 bits per heavy atom. The number of nitrogens with two attached hydrogens (primary N) is 2. The molecule has 1 aromatic rings. The van der Waals surface area contributed by atoms with E-state index in [1.165, 1.54) is 0 Å². The summed E-state index contributed by atoms with van der Waals surface area (Å²) in [7, 11) is 0. The monoisotopic (exact) mass is 256 g/mol. The van der Waals surface area contributed by atoms with E-state index >= 15 is 0 Å². The molecule has 0 aliphatic carbocycles. The molecule has 0 saturated heterocycles. The van der Waals surface area contributed by atoms with Crippen LogP contribution in [-0.2, 0) is 0 Å². The summed E-state index contributed by atoms with van der Waals surface area (Å²) in [5.41, 5.74) is 10.9. The van der Waals surface area contributed by atoms with Crippen molar-refractivity contribution in [3.8, 4) is 0 Å². The molecule has 0 unspecified atom stereocenters. The highest BCUT2D eigenvalue weighted by molar-refractivity contribution is 7.80. The number of guanidine groups is 1. The van der Waals surface area contributed by atoms with Crippen LogP contribution in [0.25, 0.3) is 0 Å². The lowest BCUT2D eigenvalue weighted by Crippen LogP contribution is -2.37. The second-order valence-corrected chi connectivity index (χ2v) is 3.65. The molecule has 5 nitrogen and oxygen atoms in total. The topological polar surface area (TPSA) is 93.5 Å². The van der Waals surface area contributed by atoms with Gasteiger partial charge in [-0.3, -0.25) is 10.1 Å². The Kier molecular flexibility index (Phi) is 4.21. The van der Waals surface area contributed by atoms with Crippen molar-refractivity contribution in [2.45, 2.75) is 0 Å². The highest BCUT2D eigenvalue weighted by Gasteiger charge is 2.06. The lowest BCUT2D eigenvalue weighted by Gasteiger charge is -2.03. The largest absolute Gasteiger partial charge is 0.374 e. The average molecular weight is 257 g/mol. The Morgan fingerprint density at radius 1 is 1.31 bits per heavy atom. The maximum atomic E-state index is 11.5. The van der Waals surface area contributed by atoms with Gasteiger partial charge in [-0.25, -0.2) is 0 Å². The Labute approximate surface area is 102 Å². The number of aliphatic imine (C=N–C) groups is 1. The van der Waals surface area contributed by atoms with Crippen molar-refractivity contribution >= 4 is 40.8 Å². The third-order valence-corrected chi connectivity index (χ3v) is 1.92. The van der Waals surface area contributed by atoms with Gasteiger partial charge < -0.3 is 11.5 Å². The maximum Gasteiger partial charge on any atom is 0.257 e. The molecule has 0 saturated carbocycles. The van der Waals surface area contributed by atoms with Gasteiger partial charge in [0.25, 0.3) is 5.91 Å². The lowest BCUT2D eigenvalue weighted by atomic mass is 10.2. The molecule has 0 heterocycles. The van der Waals surface area contributed by atoms with Gasteiger partial charge in [-0.2, -0.15) is 4.99 Å². The van der Waals surface area contributed by atoms with Gasteiger partial charge in [0.2, 0.25) is 5.96 Å². The van der Waals surface area contributed by atoms with Crippen LogP contribution in [0.5, 0.6) is 0 Å². The number of halogens is 1. The first kappa shape index (κ1) is 12.4. The Hall–Kier alpha value is -1.66. The molecule has 0 spiro atoms. The first-order chi connectivity index (χ1) is 7.49. The van der Waals surface area contributed by atoms with Gasteiger partial charge >= 0.3 is 0 Å². The van der Waals surface area contributed by atoms with Gasteiger partial charge in [0.15, 0.2) is 5.11 Å². The maximum absolute atomic E-state index is 11.5. The number of nitrogens with one attached hydrogen (secondary N) is 1. The van der Waals surface area contributed by atoms with Gasteiger partial charge in [0.05, 0.1) is 0 Å². The minimum absolute atomic E-state index is 0.145. The van der Waals surface area contributed by atoms with E-state index in [2.05, 4.69) is 22.5 Å². The van der Waals surface area contributed by atoms with E-state index in [0.29, 0.717) is 10.6 Å². The van der Waals surface area contributed by atoms with Crippen molar-refractivity contribution in [2.75, 3.05) is 0 Å². The predicted molar refractivity (Wildman–Crippen MR) is 67.3 cm³/mol. The average Bonchev–Trinajstić information content (AvgIpc) is 2.16. The van der Waals surface area contributed by atoms with E-state index in [1.807, 2.05) is 0 Å². The zero-order chi connectivity index (χ0) is 12.1. The third kappa shape index (κ3) is 3.84. The summed E-state index contributed by atoms with van der Waals surface area (Å²) in [4.78, 5) is 15.1. The smallest absolute Gasteiger partial charge is 0.257 e. The molecule has 0 fully saturated rings. The van der Waals surface area contributed by atoms with E-state index < -0.39 is 5.91 Å². The van der Waals surface area contributed by atoms with Crippen LogP contribution < -0.4 is 16.8 Å². The molecule has 0 radical (unpaired) electrons. The predicted octanol–water partition coefficient (Wildman–Crippen LogP) is 0.628. The fraction of sp³-hybridized carbons (Fsp3) is 0. The lowest BCUT2D eigenvalue weighted by molar-refractivity contribution is 0.0977. The summed E-state index contributed by atoms with van der Waals surface area (Å²) >= 11 is 10.2. The number of carbonyl (C=O) groups is 1. The number of nitrogens with zero attached hydrogens (tertiary/aromatic N) is 1. The normalized spacial score (nSPS) is 10.9. The number of rotatable bonds is 1. The van der Waals surface area contributed by atoms with Crippen molar-refractivity contribution in [2.24, 2.45) is 16.5 Å². The second-order valence-electron chi connectivity index (χ2n) is 2.80. The van der Waals surface area contributed by atoms with Crippen molar-refractivity contribution in [1.29, 1.82) is 0 Å². The highest BCUT2D eigenvalue weighted by atomic mass is 35.5. The molecule has 0 bridgehead atoms. The van der Waals surface area contributed by atoms with Crippen LogP contribution in [0.2, 0.25) is 5.02 Å². The van der Waals surface area contributed by atoms with Gasteiger partial charge in [0.1, 0.15) is 0 Å². The number of hydrogen-bond donors (Lipinski definition) is 3. The van der Waals surface area contributed by atoms with Gasteiger partial charge in [0, 0.05) is 10.6 Å². The zero-order valence-corrected chi connectivity index (χ0v) is 9.68. The minimum atomic E-state index is -0.408. The Balaban J connectivity index is 2.73. The fourth-order valence-corrected chi connectivity index (χ4v) is 1.16. The van der Waals surface area contributed by atoms with Gasteiger partial charge in [-0.05, 0) is 36.5 Å². The SMILES string of the molecule is NC(=S)/N=C(\N)NC(=O)c1ccc(Cl)cc1. The molecule has 0 aliphatic heterocycles. The van der Waals surface area contributed by atoms with E-state index in [-0.39, 0.29) is 11.1 Å². The highest BCUT2D eigenvalue weighted by Crippen LogP contribution is 2.09. The molecule has 7 heteroatoms. The summed E-state index contributed by atoms with van der Waals surface area (Å²) in [6.07, 6.45) is 0. The van der Waals surface area contributed by atoms with Crippen LogP contribution in [0.15, 0.2) is 29.3 Å². The van der Waals surface area contributed by atoms with Crippen molar-refractivity contribution < 1.29 is 4.79 Å². The number of amides is 1. The van der Waals surface area contributed by atoms with Crippen LogP contribution in [0.4, 0.5) is 0 Å². The van der Waals surface area contributed by atoms with Crippen molar-refractivity contribution in [3.05, 3.63) is 34.9 Å². The van der Waals surface area contributed by atoms with Crippen LogP contribution in [0, 0.1) is 0 Å². The van der Waals surface area contributed by atoms with Crippen LogP contribution in [0.1, 0.15) is 10.4 Å². The van der Waals surface area contributed by atoms with Crippen LogP contribution in [-0.4, -0.2) is 17.0 Å². The minimum Gasteiger partial charge on any atom is -0.374 e. The van der Waals surface area contributed by atoms with Crippen LogP contribution >= 0.6 is 23.8 Å². The van der Waals surface area contributed by atoms with E-state index in [1.54, 1.807) is 24.3 Å². The fourth-order valence-electron chi connectivity index (χ4n) is 0.936. The van der Waals surface area contributed by atoms with Crippen molar-refractivity contribution in [1.82, 2.24) is 5.32 Å². The van der Waals surface area contributed by atoms with Gasteiger partial charge in [-0.1, -0.05) is 11.6 Å². The molecule has 16 heavy (non-hydrogen) atoms. The zero-order valence-electron chi connectivity index (χ0n) is 8.11. The molecular weight excluding hydrogens is 248 g/mol. The molecule has 1 aromatic carbocycles. The molecule has 0 atom stereocenters.